The largest absolute Gasteiger partial charge is 0.376 e. The third kappa shape index (κ3) is 4.55. The van der Waals surface area contributed by atoms with Gasteiger partial charge in [0.25, 0.3) is 0 Å². The maximum absolute atomic E-state index is 6.03. The summed E-state index contributed by atoms with van der Waals surface area (Å²) in [7, 11) is 0. The number of rotatable bonds is 7. The highest BCUT2D eigenvalue weighted by Gasteiger charge is 2.25. The first-order valence-corrected chi connectivity index (χ1v) is 8.71. The fourth-order valence-corrected chi connectivity index (χ4v) is 3.06. The molecule has 0 radical (unpaired) electrons. The molecule has 0 aliphatic carbocycles. The van der Waals surface area contributed by atoms with Crippen LogP contribution >= 0.6 is 0 Å². The molecule has 2 nitrogen and oxygen atoms in total. The van der Waals surface area contributed by atoms with E-state index in [1.165, 1.54) is 36.8 Å². The van der Waals surface area contributed by atoms with E-state index in [2.05, 4.69) is 50.4 Å². The number of nitrogens with one attached hydrogen (secondary N) is 1. The molecule has 1 saturated heterocycles. The Bertz CT molecular complexity index is 395. The lowest BCUT2D eigenvalue weighted by molar-refractivity contribution is -0.00815. The van der Waals surface area contributed by atoms with Crippen LogP contribution < -0.4 is 5.32 Å². The summed E-state index contributed by atoms with van der Waals surface area (Å²) < 4.78 is 6.03. The van der Waals surface area contributed by atoms with E-state index in [0.717, 1.165) is 19.6 Å². The number of hydrogen-bond donors (Lipinski definition) is 1. The molecule has 0 saturated carbocycles. The second-order valence-corrected chi connectivity index (χ2v) is 6.31. The molecule has 0 spiro atoms. The zero-order chi connectivity index (χ0) is 15.1. The SMILES string of the molecule is CCCNC(c1ccc(C(C)CC)cc1)C1CCCCO1. The molecule has 2 rings (SSSR count). The summed E-state index contributed by atoms with van der Waals surface area (Å²) >= 11 is 0. The van der Waals surface area contributed by atoms with E-state index in [0.29, 0.717) is 18.1 Å². The van der Waals surface area contributed by atoms with E-state index in [-0.39, 0.29) is 0 Å². The van der Waals surface area contributed by atoms with Crippen LogP contribution in [0.15, 0.2) is 24.3 Å². The molecular weight excluding hydrogens is 258 g/mol. The van der Waals surface area contributed by atoms with Gasteiger partial charge >= 0.3 is 0 Å². The van der Waals surface area contributed by atoms with Crippen molar-refractivity contribution in [1.82, 2.24) is 5.32 Å². The topological polar surface area (TPSA) is 21.3 Å². The summed E-state index contributed by atoms with van der Waals surface area (Å²) in [5.41, 5.74) is 2.82. The van der Waals surface area contributed by atoms with Crippen molar-refractivity contribution in [2.75, 3.05) is 13.2 Å². The average Bonchev–Trinajstić information content (AvgIpc) is 2.56. The van der Waals surface area contributed by atoms with Gasteiger partial charge in [0.05, 0.1) is 12.1 Å². The molecule has 1 heterocycles. The highest BCUT2D eigenvalue weighted by Crippen LogP contribution is 2.28. The van der Waals surface area contributed by atoms with Crippen LogP contribution in [0.25, 0.3) is 0 Å². The van der Waals surface area contributed by atoms with Crippen molar-refractivity contribution in [3.05, 3.63) is 35.4 Å². The monoisotopic (exact) mass is 289 g/mol. The van der Waals surface area contributed by atoms with Gasteiger partial charge in [-0.25, -0.2) is 0 Å². The summed E-state index contributed by atoms with van der Waals surface area (Å²) in [6, 6.07) is 9.54. The van der Waals surface area contributed by atoms with Crippen molar-refractivity contribution in [1.29, 1.82) is 0 Å². The molecule has 1 N–H and O–H groups in total. The lowest BCUT2D eigenvalue weighted by Crippen LogP contribution is -2.36. The van der Waals surface area contributed by atoms with Gasteiger partial charge in [-0.2, -0.15) is 0 Å². The minimum atomic E-state index is 0.333. The Morgan fingerprint density at radius 2 is 1.86 bits per heavy atom. The summed E-state index contributed by atoms with van der Waals surface area (Å²) in [5.74, 6) is 0.645. The van der Waals surface area contributed by atoms with Crippen molar-refractivity contribution >= 4 is 0 Å². The Hall–Kier alpha value is -0.860. The summed E-state index contributed by atoms with van der Waals surface area (Å²) in [4.78, 5) is 0. The zero-order valence-corrected chi connectivity index (χ0v) is 13.9. The second kappa shape index (κ2) is 8.55. The molecule has 21 heavy (non-hydrogen) atoms. The van der Waals surface area contributed by atoms with Gasteiger partial charge in [-0.15, -0.1) is 0 Å². The van der Waals surface area contributed by atoms with Gasteiger partial charge in [0.15, 0.2) is 0 Å². The summed E-state index contributed by atoms with van der Waals surface area (Å²) in [6.07, 6.45) is 6.37. The van der Waals surface area contributed by atoms with Crippen LogP contribution in [0.2, 0.25) is 0 Å². The molecule has 2 heteroatoms. The molecule has 118 valence electrons. The van der Waals surface area contributed by atoms with Gasteiger partial charge in [0.2, 0.25) is 0 Å². The zero-order valence-electron chi connectivity index (χ0n) is 13.9. The summed E-state index contributed by atoms with van der Waals surface area (Å²) in [6.45, 7) is 8.74. The molecule has 1 fully saturated rings. The molecule has 0 aromatic heterocycles. The number of ether oxygens (including phenoxy) is 1. The fourth-order valence-electron chi connectivity index (χ4n) is 3.06. The maximum atomic E-state index is 6.03. The van der Waals surface area contributed by atoms with Crippen LogP contribution in [0, 0.1) is 0 Å². The Morgan fingerprint density at radius 3 is 2.43 bits per heavy atom. The molecular formula is C19H31NO. The van der Waals surface area contributed by atoms with Crippen molar-refractivity contribution < 1.29 is 4.74 Å². The quantitative estimate of drug-likeness (QED) is 0.777. The minimum Gasteiger partial charge on any atom is -0.376 e. The molecule has 3 unspecified atom stereocenters. The predicted molar refractivity (Wildman–Crippen MR) is 89.8 cm³/mol. The average molecular weight is 289 g/mol. The minimum absolute atomic E-state index is 0.333. The van der Waals surface area contributed by atoms with Gasteiger partial charge in [0, 0.05) is 6.61 Å². The van der Waals surface area contributed by atoms with Gasteiger partial charge in [-0.05, 0) is 55.7 Å². The van der Waals surface area contributed by atoms with E-state index in [1.54, 1.807) is 0 Å². The van der Waals surface area contributed by atoms with E-state index in [1.807, 2.05) is 0 Å². The Morgan fingerprint density at radius 1 is 1.14 bits per heavy atom. The van der Waals surface area contributed by atoms with Crippen molar-refractivity contribution in [2.45, 2.75) is 70.9 Å². The highest BCUT2D eigenvalue weighted by atomic mass is 16.5. The van der Waals surface area contributed by atoms with Gasteiger partial charge in [-0.1, -0.05) is 45.0 Å². The van der Waals surface area contributed by atoms with Gasteiger partial charge in [0.1, 0.15) is 0 Å². The van der Waals surface area contributed by atoms with E-state index >= 15 is 0 Å². The smallest absolute Gasteiger partial charge is 0.0769 e. The van der Waals surface area contributed by atoms with Gasteiger partial charge < -0.3 is 10.1 Å². The second-order valence-electron chi connectivity index (χ2n) is 6.31. The molecule has 3 atom stereocenters. The Kier molecular flexibility index (Phi) is 6.72. The van der Waals surface area contributed by atoms with Crippen LogP contribution in [-0.2, 0) is 4.74 Å². The maximum Gasteiger partial charge on any atom is 0.0769 e. The first-order valence-electron chi connectivity index (χ1n) is 8.71. The van der Waals surface area contributed by atoms with Crippen LogP contribution in [0.4, 0.5) is 0 Å². The molecule has 0 amide bonds. The van der Waals surface area contributed by atoms with E-state index in [9.17, 15) is 0 Å². The third-order valence-corrected chi connectivity index (χ3v) is 4.68. The molecule has 1 aromatic carbocycles. The fraction of sp³-hybridized carbons (Fsp3) is 0.684. The lowest BCUT2D eigenvalue weighted by atomic mass is 9.92. The molecule has 1 aliphatic rings. The molecule has 0 bridgehead atoms. The van der Waals surface area contributed by atoms with Crippen LogP contribution in [-0.4, -0.2) is 19.3 Å². The summed E-state index contributed by atoms with van der Waals surface area (Å²) in [5, 5.41) is 3.69. The van der Waals surface area contributed by atoms with E-state index < -0.39 is 0 Å². The number of hydrogen-bond acceptors (Lipinski definition) is 2. The Balaban J connectivity index is 2.11. The van der Waals surface area contributed by atoms with Crippen LogP contribution in [0.1, 0.15) is 76.0 Å². The first kappa shape index (κ1) is 16.5. The number of benzene rings is 1. The van der Waals surface area contributed by atoms with Crippen molar-refractivity contribution in [3.8, 4) is 0 Å². The first-order chi connectivity index (χ1) is 10.3. The normalized spacial score (nSPS) is 22.0. The predicted octanol–water partition coefficient (Wildman–Crippen LogP) is 4.81. The lowest BCUT2D eigenvalue weighted by Gasteiger charge is -2.31. The van der Waals surface area contributed by atoms with Crippen LogP contribution in [0.3, 0.4) is 0 Å². The van der Waals surface area contributed by atoms with Crippen LogP contribution in [0.5, 0.6) is 0 Å². The molecule has 1 aromatic rings. The van der Waals surface area contributed by atoms with Crippen molar-refractivity contribution in [3.63, 3.8) is 0 Å². The standard InChI is InChI=1S/C19H31NO/c1-4-13-20-19(18-8-6-7-14-21-18)17-11-9-16(10-12-17)15(3)5-2/h9-12,15,18-20H,4-8,13-14H2,1-3H3. The van der Waals surface area contributed by atoms with Crippen molar-refractivity contribution in [2.24, 2.45) is 0 Å². The van der Waals surface area contributed by atoms with Gasteiger partial charge in [-0.3, -0.25) is 0 Å². The third-order valence-electron chi connectivity index (χ3n) is 4.68. The van der Waals surface area contributed by atoms with E-state index in [4.69, 9.17) is 4.74 Å². The molecule has 1 aliphatic heterocycles. The highest BCUT2D eigenvalue weighted by molar-refractivity contribution is 5.28. The Labute approximate surface area is 130 Å².